The lowest BCUT2D eigenvalue weighted by atomic mass is 9.92. The zero-order valence-corrected chi connectivity index (χ0v) is 19.7. The smallest absolute Gasteiger partial charge is 0.244 e. The number of likely N-dealkylation sites (tertiary alicyclic amines) is 1. The molecule has 2 aliphatic rings. The van der Waals surface area contributed by atoms with Crippen LogP contribution < -0.4 is 16.2 Å². The highest BCUT2D eigenvalue weighted by Gasteiger charge is 2.29. The van der Waals surface area contributed by atoms with E-state index in [0.717, 1.165) is 38.5 Å². The molecular formula is C22H34FN7O4. The molecule has 1 saturated carbocycles. The number of aromatic nitrogens is 2. The fraction of sp³-hybridized carbons (Fsp3) is 0.682. The zero-order valence-electron chi connectivity index (χ0n) is 19.7. The van der Waals surface area contributed by atoms with E-state index in [0.29, 0.717) is 30.4 Å². The van der Waals surface area contributed by atoms with Crippen molar-refractivity contribution in [2.24, 2.45) is 11.8 Å². The molecule has 188 valence electrons. The van der Waals surface area contributed by atoms with E-state index in [1.54, 1.807) is 18.9 Å². The summed E-state index contributed by atoms with van der Waals surface area (Å²) in [6.45, 7) is 2.07. The molecule has 1 unspecified atom stereocenters. The molecule has 1 aromatic heterocycles. The second kappa shape index (κ2) is 11.9. The van der Waals surface area contributed by atoms with Crippen LogP contribution in [0, 0.1) is 24.6 Å². The quantitative estimate of drug-likeness (QED) is 0.226. The van der Waals surface area contributed by atoms with Gasteiger partial charge in [-0.2, -0.15) is 4.39 Å². The molecule has 3 amide bonds. The van der Waals surface area contributed by atoms with Crippen molar-refractivity contribution in [3.63, 3.8) is 0 Å². The van der Waals surface area contributed by atoms with Gasteiger partial charge < -0.3 is 10.2 Å². The average Bonchev–Trinajstić information content (AvgIpc) is 3.28. The van der Waals surface area contributed by atoms with Gasteiger partial charge in [-0.3, -0.25) is 30.4 Å². The first-order valence-electron chi connectivity index (χ1n) is 11.8. The fourth-order valence-corrected chi connectivity index (χ4v) is 4.64. The predicted molar refractivity (Wildman–Crippen MR) is 122 cm³/mol. The number of carbonyl (C=O) groups excluding carboxylic acids is 3. The Balaban J connectivity index is 1.69. The molecule has 12 heteroatoms. The number of hydrazine groups is 1. The van der Waals surface area contributed by atoms with Crippen LogP contribution in [0.1, 0.15) is 57.2 Å². The number of rotatable bonds is 10. The lowest BCUT2D eigenvalue weighted by molar-refractivity contribution is -0.154. The van der Waals surface area contributed by atoms with Gasteiger partial charge in [0.25, 0.3) is 0 Å². The van der Waals surface area contributed by atoms with Crippen molar-refractivity contribution in [1.82, 2.24) is 25.4 Å². The monoisotopic (exact) mass is 479 g/mol. The molecule has 2 heterocycles. The first-order chi connectivity index (χ1) is 16.3. The Hall–Kier alpha value is -3.02. The molecule has 2 fully saturated rings. The van der Waals surface area contributed by atoms with Gasteiger partial charge in [0.15, 0.2) is 11.6 Å². The van der Waals surface area contributed by atoms with Gasteiger partial charge in [-0.15, -0.1) is 0 Å². The van der Waals surface area contributed by atoms with Gasteiger partial charge >= 0.3 is 0 Å². The second-order valence-corrected chi connectivity index (χ2v) is 9.16. The summed E-state index contributed by atoms with van der Waals surface area (Å²) in [6.07, 6.45) is 7.19. The predicted octanol–water partition coefficient (Wildman–Crippen LogP) is 1.83. The average molecular weight is 480 g/mol. The van der Waals surface area contributed by atoms with Crippen molar-refractivity contribution in [3.05, 3.63) is 11.6 Å². The second-order valence-electron chi connectivity index (χ2n) is 9.16. The number of hydrogen-bond acceptors (Lipinski definition) is 8. The van der Waals surface area contributed by atoms with E-state index in [1.807, 2.05) is 0 Å². The van der Waals surface area contributed by atoms with Gasteiger partial charge in [0.05, 0.1) is 12.5 Å². The number of aryl methyl sites for hydroxylation is 1. The molecule has 2 atom stereocenters. The molecule has 0 aromatic carbocycles. The summed E-state index contributed by atoms with van der Waals surface area (Å²) in [5.41, 5.74) is 4.96. The number of nitrogens with zero attached hydrogens (tertiary/aromatic N) is 4. The molecule has 4 N–H and O–H groups in total. The molecule has 0 bridgehead atoms. The van der Waals surface area contributed by atoms with Crippen LogP contribution in [0.4, 0.5) is 16.0 Å². The zero-order chi connectivity index (χ0) is 24.7. The number of amides is 3. The Morgan fingerprint density at radius 3 is 2.62 bits per heavy atom. The molecule has 3 rings (SSSR count). The Morgan fingerprint density at radius 2 is 1.91 bits per heavy atom. The summed E-state index contributed by atoms with van der Waals surface area (Å²) >= 11 is 0. The number of hydroxylamine groups is 2. The maximum Gasteiger partial charge on any atom is 0.244 e. The van der Waals surface area contributed by atoms with Crippen LogP contribution in [0.3, 0.4) is 0 Å². The number of hydrogen-bond donors (Lipinski definition) is 4. The van der Waals surface area contributed by atoms with Crippen LogP contribution in [0.2, 0.25) is 0 Å². The van der Waals surface area contributed by atoms with E-state index in [2.05, 4.69) is 26.1 Å². The number of nitrogens with one attached hydrogen (secondary N) is 3. The van der Waals surface area contributed by atoms with Gasteiger partial charge in [-0.05, 0) is 38.5 Å². The Morgan fingerprint density at radius 1 is 1.24 bits per heavy atom. The van der Waals surface area contributed by atoms with Crippen molar-refractivity contribution in [2.45, 2.75) is 64.3 Å². The van der Waals surface area contributed by atoms with E-state index >= 15 is 4.39 Å². The largest absolute Gasteiger partial charge is 0.356 e. The Labute approximate surface area is 198 Å². The summed E-state index contributed by atoms with van der Waals surface area (Å²) < 4.78 is 15.2. The van der Waals surface area contributed by atoms with Crippen molar-refractivity contribution in [3.8, 4) is 0 Å². The summed E-state index contributed by atoms with van der Waals surface area (Å²) in [4.78, 5) is 46.0. The van der Waals surface area contributed by atoms with E-state index in [9.17, 15) is 19.6 Å². The third-order valence-electron chi connectivity index (χ3n) is 6.48. The molecule has 1 aromatic rings. The lowest BCUT2D eigenvalue weighted by Gasteiger charge is -2.23. The van der Waals surface area contributed by atoms with Crippen LogP contribution in [-0.4, -0.2) is 69.5 Å². The minimum Gasteiger partial charge on any atom is -0.356 e. The molecule has 1 aliphatic carbocycles. The normalized spacial score (nSPS) is 19.9. The Kier molecular flexibility index (Phi) is 8.97. The molecular weight excluding hydrogens is 445 g/mol. The highest BCUT2D eigenvalue weighted by atomic mass is 19.1. The van der Waals surface area contributed by atoms with Gasteiger partial charge in [-0.25, -0.2) is 15.0 Å². The van der Waals surface area contributed by atoms with Crippen LogP contribution in [-0.2, 0) is 14.4 Å². The van der Waals surface area contributed by atoms with Crippen molar-refractivity contribution in [2.75, 3.05) is 30.9 Å². The van der Waals surface area contributed by atoms with Crippen molar-refractivity contribution in [1.29, 1.82) is 0 Å². The summed E-state index contributed by atoms with van der Waals surface area (Å²) in [5, 5.41) is 13.0. The molecule has 0 radical (unpaired) electrons. The first-order valence-corrected chi connectivity index (χ1v) is 11.8. The molecule has 1 aliphatic heterocycles. The summed E-state index contributed by atoms with van der Waals surface area (Å²) in [6, 6.07) is -0.603. The van der Waals surface area contributed by atoms with E-state index in [-0.39, 0.29) is 36.3 Å². The van der Waals surface area contributed by atoms with Crippen LogP contribution >= 0.6 is 0 Å². The maximum absolute atomic E-state index is 15.2. The summed E-state index contributed by atoms with van der Waals surface area (Å²) in [5.74, 6) is -1.90. The Bertz CT molecular complexity index is 881. The van der Waals surface area contributed by atoms with Gasteiger partial charge in [0.2, 0.25) is 24.0 Å². The molecule has 1 saturated heterocycles. The highest BCUT2D eigenvalue weighted by Crippen LogP contribution is 2.30. The van der Waals surface area contributed by atoms with Crippen molar-refractivity contribution < 1.29 is 24.0 Å². The van der Waals surface area contributed by atoms with Crippen LogP contribution in [0.5, 0.6) is 0 Å². The fourth-order valence-electron chi connectivity index (χ4n) is 4.64. The lowest BCUT2D eigenvalue weighted by Crippen LogP contribution is -2.41. The number of likely N-dealkylation sites (N-methyl/N-ethyl adjacent to an activating group) is 1. The maximum atomic E-state index is 15.2. The number of anilines is 2. The third-order valence-corrected chi connectivity index (χ3v) is 6.48. The molecule has 0 spiro atoms. The molecule has 34 heavy (non-hydrogen) atoms. The third kappa shape index (κ3) is 6.75. The minimum absolute atomic E-state index is 0.122. The van der Waals surface area contributed by atoms with E-state index in [4.69, 9.17) is 0 Å². The minimum atomic E-state index is -0.824. The van der Waals surface area contributed by atoms with Gasteiger partial charge in [0, 0.05) is 13.6 Å². The first kappa shape index (κ1) is 25.6. The number of halogens is 1. The SMILES string of the molecule is Cc1nc(NNC(=O)C(CC2CCCC2)CN(O)C=O)c(F)c(N[C@H]2CCCCN(C)C2=O)n1. The standard InChI is InChI=1S/C22H34FN7O4/c1-14-24-19(26-17-9-5-6-10-29(2)22(17)33)18(23)20(25-14)27-28-21(32)16(12-30(34)13-31)11-15-7-3-4-8-15/h13,15-17,34H,3-12H2,1-2H3,(H,28,32)(H2,24,25,26,27)/t16?,17-/m0/s1. The van der Waals surface area contributed by atoms with Crippen LogP contribution in [0.25, 0.3) is 0 Å². The van der Waals surface area contributed by atoms with Crippen LogP contribution in [0.15, 0.2) is 0 Å². The van der Waals surface area contributed by atoms with E-state index in [1.165, 1.54) is 0 Å². The topological polar surface area (TPSA) is 140 Å². The van der Waals surface area contributed by atoms with E-state index < -0.39 is 23.7 Å². The number of carbonyl (C=O) groups is 3. The van der Waals surface area contributed by atoms with Gasteiger partial charge in [0.1, 0.15) is 11.9 Å². The van der Waals surface area contributed by atoms with Gasteiger partial charge in [-0.1, -0.05) is 25.7 Å². The van der Waals surface area contributed by atoms with Crippen molar-refractivity contribution >= 4 is 29.9 Å². The molecule has 11 nitrogen and oxygen atoms in total. The summed E-state index contributed by atoms with van der Waals surface area (Å²) in [7, 11) is 1.71. The highest BCUT2D eigenvalue weighted by molar-refractivity contribution is 5.84.